The second kappa shape index (κ2) is 17.2. The van der Waals surface area contributed by atoms with Crippen molar-refractivity contribution in [2.45, 2.75) is 50.6 Å². The average molecular weight is 854 g/mol. The van der Waals surface area contributed by atoms with Gasteiger partial charge in [0.2, 0.25) is 17.8 Å². The summed E-state index contributed by atoms with van der Waals surface area (Å²) in [6.45, 7) is 8.22. The first-order chi connectivity index (χ1) is 28.8. The number of piperidine rings is 3. The van der Waals surface area contributed by atoms with Crippen molar-refractivity contribution < 1.29 is 28.5 Å². The highest BCUT2D eigenvalue weighted by Crippen LogP contribution is 2.39. The fourth-order valence-corrected chi connectivity index (χ4v) is 9.96. The van der Waals surface area contributed by atoms with Crippen molar-refractivity contribution in [2.24, 2.45) is 5.92 Å². The molecular weight excluding hydrogens is 805 g/mol. The molecule has 17 heteroatoms. The van der Waals surface area contributed by atoms with Gasteiger partial charge in [0.25, 0.3) is 11.8 Å². The first-order valence-electron chi connectivity index (χ1n) is 20.3. The zero-order valence-corrected chi connectivity index (χ0v) is 35.5. The van der Waals surface area contributed by atoms with E-state index in [0.717, 1.165) is 74.7 Å². The third-order valence-corrected chi connectivity index (χ3v) is 13.6. The number of methoxy groups -OCH3 is 1. The van der Waals surface area contributed by atoms with Gasteiger partial charge in [0.05, 0.1) is 35.8 Å². The average Bonchev–Trinajstić information content (AvgIpc) is 3.47. The minimum absolute atomic E-state index is 0.0849. The van der Waals surface area contributed by atoms with Gasteiger partial charge in [-0.05, 0) is 100 Å². The molecule has 2 atom stereocenters. The van der Waals surface area contributed by atoms with Crippen LogP contribution in [0.5, 0.6) is 5.75 Å². The van der Waals surface area contributed by atoms with E-state index in [1.54, 1.807) is 32.6 Å². The lowest BCUT2D eigenvalue weighted by atomic mass is 9.94. The molecule has 3 aromatic carbocycles. The lowest BCUT2D eigenvalue weighted by Crippen LogP contribution is -2.54. The van der Waals surface area contributed by atoms with Gasteiger partial charge in [0.15, 0.2) is 5.82 Å². The number of benzene rings is 3. The number of likely N-dealkylation sites (tertiary alicyclic amines) is 1. The number of nitrogens with zero attached hydrogens (tertiary/aromatic N) is 5. The lowest BCUT2D eigenvalue weighted by Gasteiger charge is -2.39. The van der Waals surface area contributed by atoms with Crippen LogP contribution in [0.2, 0.25) is 5.02 Å². The molecule has 3 saturated heterocycles. The maximum absolute atomic E-state index is 13.4. The van der Waals surface area contributed by atoms with Gasteiger partial charge < -0.3 is 35.1 Å². The molecule has 3 fully saturated rings. The normalized spacial score (nSPS) is 20.2. The van der Waals surface area contributed by atoms with Crippen molar-refractivity contribution in [1.82, 2.24) is 25.1 Å². The Labute approximate surface area is 354 Å². The number of fused-ring (bicyclic) bond motifs is 1. The number of hydrogen-bond donors (Lipinski definition) is 4. The number of imide groups is 2. The molecule has 0 spiro atoms. The maximum atomic E-state index is 13.4. The van der Waals surface area contributed by atoms with Gasteiger partial charge in [-0.3, -0.25) is 29.4 Å². The standard InChI is InChI=1S/C43H49ClN9O6P/c1-59-36-22-29(11-13-33(36)48-43-45-23-32(44)39(50-43)47-34-8-4-5-9-37(34)60(2,3)58)52-19-16-26(17-20-52)24-51-18-6-7-28(25-51)46-27-10-12-30-31(21-27)42(57)53(41(30)56)35-14-15-38(54)49-40(35)55/h4-5,8-13,21-23,26,28,35,46H,6-7,14-20,24-25H2,1-3H3,(H,49,54,55)(H2,45,47,48,50)/t28-,35?/m0/s1. The zero-order valence-electron chi connectivity index (χ0n) is 33.9. The number of rotatable bonds is 12. The summed E-state index contributed by atoms with van der Waals surface area (Å²) in [6, 6.07) is 17.9. The molecule has 314 valence electrons. The number of anilines is 6. The molecule has 1 aromatic heterocycles. The Morgan fingerprint density at radius 1 is 0.900 bits per heavy atom. The topological polar surface area (TPSA) is 178 Å². The summed E-state index contributed by atoms with van der Waals surface area (Å²) in [6.07, 6.45) is 5.90. The highest BCUT2D eigenvalue weighted by atomic mass is 35.5. The second-order valence-electron chi connectivity index (χ2n) is 16.3. The van der Waals surface area contributed by atoms with E-state index >= 15 is 0 Å². The summed E-state index contributed by atoms with van der Waals surface area (Å²) >= 11 is 6.48. The largest absolute Gasteiger partial charge is 0.494 e. The van der Waals surface area contributed by atoms with Crippen LogP contribution in [-0.2, 0) is 14.2 Å². The highest BCUT2D eigenvalue weighted by molar-refractivity contribution is 7.70. The molecule has 1 unspecified atom stereocenters. The summed E-state index contributed by atoms with van der Waals surface area (Å²) < 4.78 is 18.7. The van der Waals surface area contributed by atoms with Crippen LogP contribution < -0.4 is 36.2 Å². The molecule has 4 amide bonds. The van der Waals surface area contributed by atoms with E-state index in [4.69, 9.17) is 16.3 Å². The molecule has 5 heterocycles. The van der Waals surface area contributed by atoms with E-state index in [9.17, 15) is 23.7 Å². The van der Waals surface area contributed by atoms with Gasteiger partial charge in [0, 0.05) is 61.4 Å². The van der Waals surface area contributed by atoms with Crippen LogP contribution in [0.1, 0.15) is 59.2 Å². The van der Waals surface area contributed by atoms with Crippen molar-refractivity contribution in [3.05, 3.63) is 83.0 Å². The van der Waals surface area contributed by atoms with E-state index in [-0.39, 0.29) is 30.0 Å². The van der Waals surface area contributed by atoms with Gasteiger partial charge in [-0.2, -0.15) is 4.98 Å². The van der Waals surface area contributed by atoms with Crippen molar-refractivity contribution in [2.75, 3.05) is 74.0 Å². The van der Waals surface area contributed by atoms with E-state index in [2.05, 4.69) is 47.1 Å². The van der Waals surface area contributed by atoms with E-state index in [1.807, 2.05) is 42.5 Å². The summed E-state index contributed by atoms with van der Waals surface area (Å²) in [4.78, 5) is 65.5. The smallest absolute Gasteiger partial charge is 0.262 e. The van der Waals surface area contributed by atoms with Crippen LogP contribution in [-0.4, -0.2) is 109 Å². The molecule has 60 heavy (non-hydrogen) atoms. The summed E-state index contributed by atoms with van der Waals surface area (Å²) in [7, 11) is -0.919. The van der Waals surface area contributed by atoms with E-state index < -0.39 is 36.8 Å². The van der Waals surface area contributed by atoms with Gasteiger partial charge in [0.1, 0.15) is 24.0 Å². The molecule has 0 saturated carbocycles. The lowest BCUT2D eigenvalue weighted by molar-refractivity contribution is -0.136. The molecule has 15 nitrogen and oxygen atoms in total. The Hall–Kier alpha value is -5.50. The minimum atomic E-state index is -2.56. The third-order valence-electron chi connectivity index (χ3n) is 11.7. The predicted molar refractivity (Wildman–Crippen MR) is 233 cm³/mol. The Balaban J connectivity index is 0.841. The molecule has 0 bridgehead atoms. The number of carbonyl (C=O) groups excluding carboxylic acids is 4. The molecule has 0 radical (unpaired) electrons. The molecular formula is C43H49ClN9O6P. The Morgan fingerprint density at radius 3 is 2.45 bits per heavy atom. The van der Waals surface area contributed by atoms with Crippen molar-refractivity contribution in [3.8, 4) is 5.75 Å². The molecule has 4 aromatic rings. The second-order valence-corrected chi connectivity index (χ2v) is 19.9. The number of hydrogen-bond acceptors (Lipinski definition) is 13. The summed E-state index contributed by atoms with van der Waals surface area (Å²) in [5, 5.41) is 13.4. The first-order valence-corrected chi connectivity index (χ1v) is 23.3. The zero-order chi connectivity index (χ0) is 42.1. The highest BCUT2D eigenvalue weighted by Gasteiger charge is 2.44. The van der Waals surface area contributed by atoms with Crippen LogP contribution in [0.4, 0.5) is 34.5 Å². The van der Waals surface area contributed by atoms with E-state index in [1.165, 1.54) is 6.20 Å². The summed E-state index contributed by atoms with van der Waals surface area (Å²) in [5.74, 6) is -0.0821. The number of para-hydroxylation sites is 1. The van der Waals surface area contributed by atoms with Crippen LogP contribution in [0, 0.1) is 5.92 Å². The number of halogens is 1. The van der Waals surface area contributed by atoms with Crippen molar-refractivity contribution in [1.29, 1.82) is 0 Å². The third kappa shape index (κ3) is 8.84. The van der Waals surface area contributed by atoms with Crippen LogP contribution in [0.3, 0.4) is 0 Å². The van der Waals surface area contributed by atoms with Crippen LogP contribution >= 0.6 is 18.7 Å². The maximum Gasteiger partial charge on any atom is 0.262 e. The minimum Gasteiger partial charge on any atom is -0.494 e. The molecule has 4 aliphatic heterocycles. The Bertz CT molecular complexity index is 2380. The number of amides is 4. The molecule has 8 rings (SSSR count). The SMILES string of the molecule is COc1cc(N2CCC(CN3CCC[C@H](Nc4ccc5c(c4)C(=O)N(C4CCC(=O)NC4=O)C5=O)C3)CC2)ccc1Nc1ncc(Cl)c(Nc2ccccc2P(C)(C)=O)n1. The molecule has 0 aliphatic carbocycles. The van der Waals surface area contributed by atoms with Crippen molar-refractivity contribution in [3.63, 3.8) is 0 Å². The Kier molecular flexibility index (Phi) is 11.8. The summed E-state index contributed by atoms with van der Waals surface area (Å²) in [5.41, 5.74) is 3.78. The van der Waals surface area contributed by atoms with Gasteiger partial charge >= 0.3 is 0 Å². The number of ether oxygens (including phenoxy) is 1. The van der Waals surface area contributed by atoms with Gasteiger partial charge in [-0.1, -0.05) is 23.7 Å². The number of aromatic nitrogens is 2. The Morgan fingerprint density at radius 2 is 1.68 bits per heavy atom. The van der Waals surface area contributed by atoms with Crippen LogP contribution in [0.25, 0.3) is 0 Å². The van der Waals surface area contributed by atoms with Gasteiger partial charge in [-0.25, -0.2) is 4.98 Å². The predicted octanol–water partition coefficient (Wildman–Crippen LogP) is 6.07. The molecule has 4 aliphatic rings. The van der Waals surface area contributed by atoms with Gasteiger partial charge in [-0.15, -0.1) is 0 Å². The fraction of sp³-hybridized carbons (Fsp3) is 0.395. The number of nitrogens with one attached hydrogen (secondary N) is 4. The van der Waals surface area contributed by atoms with Crippen LogP contribution in [0.15, 0.2) is 66.9 Å². The number of carbonyl (C=O) groups is 4. The van der Waals surface area contributed by atoms with E-state index in [0.29, 0.717) is 45.1 Å². The van der Waals surface area contributed by atoms with Crippen molar-refractivity contribution >= 4 is 82.2 Å². The molecule has 4 N–H and O–H groups in total. The quantitative estimate of drug-likeness (QED) is 0.0955. The fourth-order valence-electron chi connectivity index (χ4n) is 8.67. The monoisotopic (exact) mass is 853 g/mol. The first kappa shape index (κ1) is 41.2.